The van der Waals surface area contributed by atoms with Crippen molar-refractivity contribution in [2.24, 2.45) is 5.73 Å². The minimum atomic E-state index is 0.0507. The molecule has 0 spiro atoms. The van der Waals surface area contributed by atoms with E-state index in [1.165, 1.54) is 0 Å². The lowest BCUT2D eigenvalue weighted by atomic mass is 10.2. The molecule has 0 bridgehead atoms. The summed E-state index contributed by atoms with van der Waals surface area (Å²) < 4.78 is 7.09. The van der Waals surface area contributed by atoms with Gasteiger partial charge in [-0.2, -0.15) is 5.10 Å². The third-order valence-electron chi connectivity index (χ3n) is 3.21. The molecule has 0 atom stereocenters. The fraction of sp³-hybridized carbons (Fsp3) is 0.667. The zero-order valence-corrected chi connectivity index (χ0v) is 10.8. The van der Waals surface area contributed by atoms with E-state index in [-0.39, 0.29) is 5.91 Å². The largest absolute Gasteiger partial charge is 0.378 e. The molecule has 1 fully saturated rings. The maximum absolute atomic E-state index is 12.3. The fourth-order valence-electron chi connectivity index (χ4n) is 2.06. The number of morpholine rings is 1. The fourth-order valence-corrected chi connectivity index (χ4v) is 2.06. The number of hydrogen-bond acceptors (Lipinski definition) is 4. The van der Waals surface area contributed by atoms with Crippen LogP contribution in [0, 0.1) is 6.92 Å². The molecule has 2 heterocycles. The van der Waals surface area contributed by atoms with Gasteiger partial charge in [0.2, 0.25) is 0 Å². The Balaban J connectivity index is 2.07. The molecule has 1 aliphatic heterocycles. The summed E-state index contributed by atoms with van der Waals surface area (Å²) in [7, 11) is 0. The van der Waals surface area contributed by atoms with Crippen LogP contribution in [0.1, 0.15) is 22.5 Å². The Morgan fingerprint density at radius 3 is 2.89 bits per heavy atom. The van der Waals surface area contributed by atoms with Crippen LogP contribution in [0.3, 0.4) is 0 Å². The van der Waals surface area contributed by atoms with Gasteiger partial charge >= 0.3 is 0 Å². The summed E-state index contributed by atoms with van der Waals surface area (Å²) in [6.07, 6.45) is 2.53. The third-order valence-corrected chi connectivity index (χ3v) is 3.21. The highest BCUT2D eigenvalue weighted by Crippen LogP contribution is 2.12. The molecule has 2 N–H and O–H groups in total. The molecule has 0 unspecified atom stereocenters. The molecule has 0 radical (unpaired) electrons. The first-order chi connectivity index (χ1) is 8.74. The molecule has 0 aliphatic carbocycles. The van der Waals surface area contributed by atoms with Crippen molar-refractivity contribution in [3.8, 4) is 0 Å². The molecule has 100 valence electrons. The van der Waals surface area contributed by atoms with Crippen LogP contribution in [0.2, 0.25) is 0 Å². The van der Waals surface area contributed by atoms with Crippen LogP contribution < -0.4 is 5.73 Å². The lowest BCUT2D eigenvalue weighted by Gasteiger charge is -2.26. The van der Waals surface area contributed by atoms with Crippen LogP contribution in [0.4, 0.5) is 0 Å². The van der Waals surface area contributed by atoms with E-state index in [9.17, 15) is 4.79 Å². The summed E-state index contributed by atoms with van der Waals surface area (Å²) in [5.41, 5.74) is 7.09. The van der Waals surface area contributed by atoms with Crippen molar-refractivity contribution in [2.75, 3.05) is 32.8 Å². The topological polar surface area (TPSA) is 73.4 Å². The third kappa shape index (κ3) is 2.70. The van der Waals surface area contributed by atoms with Crippen LogP contribution >= 0.6 is 0 Å². The number of carbonyl (C=O) groups excluding carboxylic acids is 1. The Labute approximate surface area is 107 Å². The number of nitrogens with two attached hydrogens (primary N) is 1. The quantitative estimate of drug-likeness (QED) is 0.819. The highest BCUT2D eigenvalue weighted by atomic mass is 16.5. The molecule has 0 aromatic carbocycles. The Kier molecular flexibility index (Phi) is 4.33. The van der Waals surface area contributed by atoms with E-state index >= 15 is 0 Å². The van der Waals surface area contributed by atoms with E-state index in [2.05, 4.69) is 5.10 Å². The minimum absolute atomic E-state index is 0.0507. The maximum atomic E-state index is 12.3. The molecule has 1 amide bonds. The van der Waals surface area contributed by atoms with Crippen LogP contribution in [-0.2, 0) is 11.3 Å². The average Bonchev–Trinajstić information content (AvgIpc) is 2.78. The first-order valence-electron chi connectivity index (χ1n) is 6.33. The maximum Gasteiger partial charge on any atom is 0.257 e. The van der Waals surface area contributed by atoms with Gasteiger partial charge in [0.1, 0.15) is 0 Å². The first kappa shape index (κ1) is 13.0. The number of nitrogens with zero attached hydrogens (tertiary/aromatic N) is 3. The van der Waals surface area contributed by atoms with Crippen molar-refractivity contribution in [2.45, 2.75) is 19.9 Å². The smallest absolute Gasteiger partial charge is 0.257 e. The zero-order chi connectivity index (χ0) is 13.0. The van der Waals surface area contributed by atoms with Crippen molar-refractivity contribution >= 4 is 5.91 Å². The molecule has 1 aromatic rings. The van der Waals surface area contributed by atoms with Gasteiger partial charge in [-0.15, -0.1) is 0 Å². The Bertz CT molecular complexity index is 410. The van der Waals surface area contributed by atoms with Gasteiger partial charge in [0, 0.05) is 25.3 Å². The summed E-state index contributed by atoms with van der Waals surface area (Å²) in [6.45, 7) is 5.87. The average molecular weight is 252 g/mol. The van der Waals surface area contributed by atoms with Crippen molar-refractivity contribution in [3.63, 3.8) is 0 Å². The van der Waals surface area contributed by atoms with E-state index in [1.54, 1.807) is 6.20 Å². The molecule has 6 nitrogen and oxygen atoms in total. The number of ether oxygens (including phenoxy) is 1. The second kappa shape index (κ2) is 5.97. The minimum Gasteiger partial charge on any atom is -0.378 e. The predicted molar refractivity (Wildman–Crippen MR) is 67.4 cm³/mol. The van der Waals surface area contributed by atoms with Crippen LogP contribution in [-0.4, -0.2) is 53.4 Å². The molecule has 6 heteroatoms. The van der Waals surface area contributed by atoms with E-state index in [0.29, 0.717) is 38.4 Å². The van der Waals surface area contributed by atoms with Crippen LogP contribution in [0.5, 0.6) is 0 Å². The second-order valence-corrected chi connectivity index (χ2v) is 4.41. The van der Waals surface area contributed by atoms with Gasteiger partial charge in [0.05, 0.1) is 25.0 Å². The Morgan fingerprint density at radius 1 is 1.50 bits per heavy atom. The molecule has 2 rings (SSSR count). The molecular weight excluding hydrogens is 232 g/mol. The number of hydrogen-bond donors (Lipinski definition) is 1. The normalized spacial score (nSPS) is 16.0. The number of amides is 1. The van der Waals surface area contributed by atoms with E-state index < -0.39 is 0 Å². The van der Waals surface area contributed by atoms with Gasteiger partial charge in [-0.1, -0.05) is 0 Å². The van der Waals surface area contributed by atoms with E-state index in [4.69, 9.17) is 10.5 Å². The van der Waals surface area contributed by atoms with Crippen molar-refractivity contribution in [1.82, 2.24) is 14.7 Å². The van der Waals surface area contributed by atoms with Crippen molar-refractivity contribution in [3.05, 3.63) is 17.5 Å². The van der Waals surface area contributed by atoms with Gasteiger partial charge in [-0.25, -0.2) is 0 Å². The van der Waals surface area contributed by atoms with Crippen LogP contribution in [0.25, 0.3) is 0 Å². The molecular formula is C12H20N4O2. The lowest BCUT2D eigenvalue weighted by Crippen LogP contribution is -2.40. The van der Waals surface area contributed by atoms with Gasteiger partial charge < -0.3 is 15.4 Å². The first-order valence-corrected chi connectivity index (χ1v) is 6.33. The summed E-state index contributed by atoms with van der Waals surface area (Å²) in [4.78, 5) is 14.1. The highest BCUT2D eigenvalue weighted by molar-refractivity contribution is 5.95. The number of aromatic nitrogens is 2. The number of carbonyl (C=O) groups is 1. The lowest BCUT2D eigenvalue weighted by molar-refractivity contribution is 0.0302. The highest BCUT2D eigenvalue weighted by Gasteiger charge is 2.22. The number of rotatable bonds is 4. The van der Waals surface area contributed by atoms with Gasteiger partial charge in [-0.05, 0) is 19.9 Å². The van der Waals surface area contributed by atoms with Crippen LogP contribution in [0.15, 0.2) is 6.20 Å². The summed E-state index contributed by atoms with van der Waals surface area (Å²) >= 11 is 0. The second-order valence-electron chi connectivity index (χ2n) is 4.41. The number of aryl methyl sites for hydroxylation is 1. The van der Waals surface area contributed by atoms with Gasteiger partial charge in [-0.3, -0.25) is 9.48 Å². The van der Waals surface area contributed by atoms with Gasteiger partial charge in [0.15, 0.2) is 0 Å². The summed E-state index contributed by atoms with van der Waals surface area (Å²) in [6, 6.07) is 0. The summed E-state index contributed by atoms with van der Waals surface area (Å²) in [5.74, 6) is 0.0507. The van der Waals surface area contributed by atoms with Crippen molar-refractivity contribution < 1.29 is 9.53 Å². The molecule has 1 aliphatic rings. The van der Waals surface area contributed by atoms with Crippen molar-refractivity contribution in [1.29, 1.82) is 0 Å². The Morgan fingerprint density at radius 2 is 2.22 bits per heavy atom. The molecule has 0 saturated carbocycles. The Hall–Kier alpha value is -1.40. The standard InChI is InChI=1S/C12H20N4O2/c1-10-11(9-14-16(10)4-2-3-13)12(17)15-5-7-18-8-6-15/h9H,2-8,13H2,1H3. The van der Waals surface area contributed by atoms with E-state index in [1.807, 2.05) is 16.5 Å². The monoisotopic (exact) mass is 252 g/mol. The van der Waals surface area contributed by atoms with E-state index in [0.717, 1.165) is 18.7 Å². The molecule has 1 aromatic heterocycles. The molecule has 18 heavy (non-hydrogen) atoms. The molecule has 1 saturated heterocycles. The SMILES string of the molecule is Cc1c(C(=O)N2CCOCC2)cnn1CCCN. The zero-order valence-electron chi connectivity index (χ0n) is 10.8. The predicted octanol–water partition coefficient (Wildman–Crippen LogP) is 0.0127. The summed E-state index contributed by atoms with van der Waals surface area (Å²) in [5, 5.41) is 4.25. The van der Waals surface area contributed by atoms with Gasteiger partial charge in [0.25, 0.3) is 5.91 Å².